The summed E-state index contributed by atoms with van der Waals surface area (Å²) >= 11 is 3.43. The third-order valence-corrected chi connectivity index (χ3v) is 4.66. The van der Waals surface area contributed by atoms with Crippen LogP contribution in [-0.4, -0.2) is 19.0 Å². The summed E-state index contributed by atoms with van der Waals surface area (Å²) in [5, 5.41) is 3.05. The lowest BCUT2D eigenvalue weighted by atomic mass is 10.1. The van der Waals surface area contributed by atoms with Crippen LogP contribution in [0.4, 0.5) is 11.4 Å². The van der Waals surface area contributed by atoms with E-state index in [1.54, 1.807) is 0 Å². The molecule has 0 unspecified atom stereocenters. The number of amides is 1. The van der Waals surface area contributed by atoms with Crippen molar-refractivity contribution in [2.75, 3.05) is 23.3 Å². The van der Waals surface area contributed by atoms with Gasteiger partial charge in [0.1, 0.15) is 0 Å². The molecule has 1 N–H and O–H groups in total. The van der Waals surface area contributed by atoms with Gasteiger partial charge in [-0.3, -0.25) is 4.79 Å². The fourth-order valence-corrected chi connectivity index (χ4v) is 3.29. The molecule has 1 amide bonds. The van der Waals surface area contributed by atoms with Crippen LogP contribution in [-0.2, 0) is 0 Å². The van der Waals surface area contributed by atoms with Crippen LogP contribution in [0.5, 0.6) is 0 Å². The molecular weight excluding hydrogens is 340 g/mol. The topological polar surface area (TPSA) is 32.3 Å². The lowest BCUT2D eigenvalue weighted by Gasteiger charge is -2.30. The van der Waals surface area contributed by atoms with Crippen LogP contribution in [0.2, 0.25) is 0 Å². The molecule has 1 fully saturated rings. The summed E-state index contributed by atoms with van der Waals surface area (Å²) in [6, 6.07) is 15.5. The minimum Gasteiger partial charge on any atom is -0.370 e. The van der Waals surface area contributed by atoms with Crippen molar-refractivity contribution in [3.05, 3.63) is 58.6 Å². The molecule has 22 heavy (non-hydrogen) atoms. The number of carbonyl (C=O) groups is 1. The van der Waals surface area contributed by atoms with Crippen molar-refractivity contribution in [3.63, 3.8) is 0 Å². The molecule has 114 valence electrons. The van der Waals surface area contributed by atoms with Crippen LogP contribution >= 0.6 is 15.9 Å². The SMILES string of the molecule is O=C(Nc1ccccc1N1CCCCC1)c1ccccc1Br. The van der Waals surface area contributed by atoms with E-state index in [-0.39, 0.29) is 5.91 Å². The molecule has 1 saturated heterocycles. The van der Waals surface area contributed by atoms with Gasteiger partial charge in [0, 0.05) is 17.6 Å². The number of para-hydroxylation sites is 2. The molecule has 3 rings (SSSR count). The number of rotatable bonds is 3. The molecule has 2 aromatic carbocycles. The average molecular weight is 359 g/mol. The van der Waals surface area contributed by atoms with E-state index < -0.39 is 0 Å². The quantitative estimate of drug-likeness (QED) is 0.862. The number of carbonyl (C=O) groups excluding carboxylic acids is 1. The Kier molecular flexibility index (Phi) is 4.78. The number of nitrogens with one attached hydrogen (secondary N) is 1. The Labute approximate surface area is 139 Å². The Morgan fingerprint density at radius 1 is 0.955 bits per heavy atom. The lowest BCUT2D eigenvalue weighted by molar-refractivity contribution is 0.102. The van der Waals surface area contributed by atoms with E-state index in [2.05, 4.69) is 32.2 Å². The van der Waals surface area contributed by atoms with Crippen molar-refractivity contribution < 1.29 is 4.79 Å². The minimum atomic E-state index is -0.0862. The Morgan fingerprint density at radius 2 is 1.64 bits per heavy atom. The molecule has 0 radical (unpaired) electrons. The van der Waals surface area contributed by atoms with Gasteiger partial charge in [0.05, 0.1) is 16.9 Å². The van der Waals surface area contributed by atoms with Crippen molar-refractivity contribution >= 4 is 33.2 Å². The lowest BCUT2D eigenvalue weighted by Crippen LogP contribution is -2.30. The molecular formula is C18H19BrN2O. The summed E-state index contributed by atoms with van der Waals surface area (Å²) < 4.78 is 0.808. The van der Waals surface area contributed by atoms with E-state index in [1.807, 2.05) is 42.5 Å². The van der Waals surface area contributed by atoms with Crippen molar-refractivity contribution in [2.24, 2.45) is 0 Å². The zero-order chi connectivity index (χ0) is 15.4. The summed E-state index contributed by atoms with van der Waals surface area (Å²) in [6.07, 6.45) is 3.72. The van der Waals surface area contributed by atoms with Crippen LogP contribution in [0, 0.1) is 0 Å². The normalized spacial score (nSPS) is 14.7. The zero-order valence-corrected chi connectivity index (χ0v) is 14.0. The van der Waals surface area contributed by atoms with Gasteiger partial charge in [-0.05, 0) is 59.5 Å². The first-order valence-electron chi connectivity index (χ1n) is 7.65. The second kappa shape index (κ2) is 6.97. The van der Waals surface area contributed by atoms with Gasteiger partial charge in [0.2, 0.25) is 0 Å². The number of nitrogens with zero attached hydrogens (tertiary/aromatic N) is 1. The average Bonchev–Trinajstić information content (AvgIpc) is 2.56. The first-order chi connectivity index (χ1) is 10.8. The Hall–Kier alpha value is -1.81. The molecule has 1 aliphatic rings. The number of hydrogen-bond donors (Lipinski definition) is 1. The fraction of sp³-hybridized carbons (Fsp3) is 0.278. The second-order valence-electron chi connectivity index (χ2n) is 5.50. The van der Waals surface area contributed by atoms with Gasteiger partial charge in [-0.15, -0.1) is 0 Å². The van der Waals surface area contributed by atoms with Gasteiger partial charge >= 0.3 is 0 Å². The summed E-state index contributed by atoms with van der Waals surface area (Å²) in [4.78, 5) is 14.9. The van der Waals surface area contributed by atoms with Gasteiger partial charge in [0.25, 0.3) is 5.91 Å². The molecule has 0 spiro atoms. The minimum absolute atomic E-state index is 0.0862. The predicted octanol–water partition coefficient (Wildman–Crippen LogP) is 4.69. The second-order valence-corrected chi connectivity index (χ2v) is 6.35. The summed E-state index contributed by atoms with van der Waals surface area (Å²) in [5.41, 5.74) is 2.64. The molecule has 3 nitrogen and oxygen atoms in total. The highest BCUT2D eigenvalue weighted by Crippen LogP contribution is 2.29. The standard InChI is InChI=1S/C18H19BrN2O/c19-15-9-3-2-8-14(15)18(22)20-16-10-4-5-11-17(16)21-12-6-1-7-13-21/h2-5,8-11H,1,6-7,12-13H2,(H,20,22). The molecule has 1 aliphatic heterocycles. The highest BCUT2D eigenvalue weighted by Gasteiger charge is 2.16. The smallest absolute Gasteiger partial charge is 0.256 e. The molecule has 0 aromatic heterocycles. The van der Waals surface area contributed by atoms with Gasteiger partial charge in [-0.25, -0.2) is 0 Å². The molecule has 0 saturated carbocycles. The monoisotopic (exact) mass is 358 g/mol. The van der Waals surface area contributed by atoms with Crippen molar-refractivity contribution in [1.29, 1.82) is 0 Å². The molecule has 1 heterocycles. The molecule has 2 aromatic rings. The van der Waals surface area contributed by atoms with E-state index in [9.17, 15) is 4.79 Å². The largest absolute Gasteiger partial charge is 0.370 e. The van der Waals surface area contributed by atoms with Crippen LogP contribution in [0.25, 0.3) is 0 Å². The van der Waals surface area contributed by atoms with Crippen molar-refractivity contribution in [2.45, 2.75) is 19.3 Å². The van der Waals surface area contributed by atoms with Crippen LogP contribution in [0.1, 0.15) is 29.6 Å². The van der Waals surface area contributed by atoms with Gasteiger partial charge in [-0.2, -0.15) is 0 Å². The number of halogens is 1. The maximum Gasteiger partial charge on any atom is 0.256 e. The first kappa shape index (κ1) is 15.1. The van der Waals surface area contributed by atoms with Crippen LogP contribution < -0.4 is 10.2 Å². The van der Waals surface area contributed by atoms with Gasteiger partial charge in [-0.1, -0.05) is 24.3 Å². The molecule has 0 atom stereocenters. The molecule has 4 heteroatoms. The molecule has 0 aliphatic carbocycles. The third kappa shape index (κ3) is 3.33. The van der Waals surface area contributed by atoms with Crippen LogP contribution in [0.3, 0.4) is 0 Å². The number of anilines is 2. The van der Waals surface area contributed by atoms with Crippen molar-refractivity contribution in [1.82, 2.24) is 0 Å². The Balaban J connectivity index is 1.83. The Morgan fingerprint density at radius 3 is 2.41 bits per heavy atom. The Bertz CT molecular complexity index is 666. The van der Waals surface area contributed by atoms with E-state index in [0.29, 0.717) is 5.56 Å². The first-order valence-corrected chi connectivity index (χ1v) is 8.45. The fourth-order valence-electron chi connectivity index (χ4n) is 2.82. The van der Waals surface area contributed by atoms with Crippen molar-refractivity contribution in [3.8, 4) is 0 Å². The zero-order valence-electron chi connectivity index (χ0n) is 12.4. The van der Waals surface area contributed by atoms with E-state index >= 15 is 0 Å². The highest BCUT2D eigenvalue weighted by atomic mass is 79.9. The predicted molar refractivity (Wildman–Crippen MR) is 94.6 cm³/mol. The van der Waals surface area contributed by atoms with Gasteiger partial charge < -0.3 is 10.2 Å². The highest BCUT2D eigenvalue weighted by molar-refractivity contribution is 9.10. The molecule has 0 bridgehead atoms. The number of benzene rings is 2. The third-order valence-electron chi connectivity index (χ3n) is 3.97. The summed E-state index contributed by atoms with van der Waals surface area (Å²) in [5.74, 6) is -0.0862. The van der Waals surface area contributed by atoms with E-state index in [0.717, 1.165) is 28.9 Å². The number of hydrogen-bond acceptors (Lipinski definition) is 2. The van der Waals surface area contributed by atoms with Crippen LogP contribution in [0.15, 0.2) is 53.0 Å². The summed E-state index contributed by atoms with van der Waals surface area (Å²) in [7, 11) is 0. The number of piperidine rings is 1. The summed E-state index contributed by atoms with van der Waals surface area (Å²) in [6.45, 7) is 2.11. The maximum absolute atomic E-state index is 12.5. The van der Waals surface area contributed by atoms with E-state index in [4.69, 9.17) is 0 Å². The van der Waals surface area contributed by atoms with E-state index in [1.165, 1.54) is 19.3 Å². The van der Waals surface area contributed by atoms with Gasteiger partial charge in [0.15, 0.2) is 0 Å². The maximum atomic E-state index is 12.5.